The molecule has 2 saturated heterocycles. The maximum atomic E-state index is 11.0. The van der Waals surface area contributed by atoms with Gasteiger partial charge < -0.3 is 19.6 Å². The molecule has 158 valence electrons. The molecule has 30 heavy (non-hydrogen) atoms. The molecule has 0 spiro atoms. The summed E-state index contributed by atoms with van der Waals surface area (Å²) in [4.78, 5) is 28.0. The van der Waals surface area contributed by atoms with Crippen molar-refractivity contribution in [2.24, 2.45) is 5.10 Å². The van der Waals surface area contributed by atoms with E-state index in [4.69, 9.17) is 4.74 Å². The Balaban J connectivity index is 1.57. The van der Waals surface area contributed by atoms with Crippen molar-refractivity contribution in [2.45, 2.75) is 12.8 Å². The average Bonchev–Trinajstić information content (AvgIpc) is 3.30. The number of hydrogen-bond donors (Lipinski definition) is 2. The smallest absolute Gasteiger partial charge is 0.311 e. The Morgan fingerprint density at radius 3 is 2.43 bits per heavy atom. The second-order valence-electron chi connectivity index (χ2n) is 6.89. The highest BCUT2D eigenvalue weighted by atomic mass is 16.6. The van der Waals surface area contributed by atoms with Gasteiger partial charge in [-0.25, -0.2) is 5.43 Å². The van der Waals surface area contributed by atoms with Crippen LogP contribution in [0.5, 0.6) is 5.75 Å². The Labute approximate surface area is 172 Å². The first kappa shape index (κ1) is 19.8. The Kier molecular flexibility index (Phi) is 5.84. The van der Waals surface area contributed by atoms with Crippen molar-refractivity contribution in [2.75, 3.05) is 54.6 Å². The predicted molar refractivity (Wildman–Crippen MR) is 110 cm³/mol. The number of nitro benzene ring substituents is 1. The zero-order valence-corrected chi connectivity index (χ0v) is 16.3. The maximum absolute atomic E-state index is 11.0. The van der Waals surface area contributed by atoms with Gasteiger partial charge in [0.1, 0.15) is 0 Å². The lowest BCUT2D eigenvalue weighted by molar-refractivity contribution is -0.385. The predicted octanol–water partition coefficient (Wildman–Crippen LogP) is 1.37. The third-order valence-electron chi connectivity index (χ3n) is 4.91. The van der Waals surface area contributed by atoms with Crippen LogP contribution in [0.4, 0.5) is 23.5 Å². The molecular formula is C18H22N8O4. The van der Waals surface area contributed by atoms with Gasteiger partial charge in [0.25, 0.3) is 0 Å². The van der Waals surface area contributed by atoms with Crippen molar-refractivity contribution < 1.29 is 14.8 Å². The molecule has 0 aliphatic carbocycles. The number of phenolic OH excluding ortho intramolecular Hbond substituents is 1. The van der Waals surface area contributed by atoms with Crippen LogP contribution >= 0.6 is 0 Å². The van der Waals surface area contributed by atoms with Crippen molar-refractivity contribution in [1.29, 1.82) is 0 Å². The highest BCUT2D eigenvalue weighted by molar-refractivity contribution is 5.85. The lowest BCUT2D eigenvalue weighted by Crippen LogP contribution is -2.38. The van der Waals surface area contributed by atoms with Gasteiger partial charge in [0.05, 0.1) is 24.4 Å². The molecule has 2 aliphatic heterocycles. The van der Waals surface area contributed by atoms with E-state index in [9.17, 15) is 15.2 Å². The fourth-order valence-electron chi connectivity index (χ4n) is 3.33. The SMILES string of the molecule is O=[N+]([O-])c1cccc(C=NNc2nc(N3CCCC3)nc(N3CCOCC3)n2)c1O. The zero-order chi connectivity index (χ0) is 20.9. The molecule has 0 radical (unpaired) electrons. The van der Waals surface area contributed by atoms with Crippen LogP contribution in [0, 0.1) is 10.1 Å². The first-order valence-corrected chi connectivity index (χ1v) is 9.71. The van der Waals surface area contributed by atoms with Gasteiger partial charge in [-0.15, -0.1) is 0 Å². The van der Waals surface area contributed by atoms with Crippen LogP contribution in [0.2, 0.25) is 0 Å². The lowest BCUT2D eigenvalue weighted by atomic mass is 10.2. The molecule has 2 N–H and O–H groups in total. The second kappa shape index (κ2) is 8.86. The molecule has 4 rings (SSSR count). The molecule has 2 aliphatic rings. The summed E-state index contributed by atoms with van der Waals surface area (Å²) in [6, 6.07) is 4.23. The van der Waals surface area contributed by atoms with E-state index >= 15 is 0 Å². The van der Waals surface area contributed by atoms with Gasteiger partial charge >= 0.3 is 5.69 Å². The third-order valence-corrected chi connectivity index (χ3v) is 4.91. The monoisotopic (exact) mass is 414 g/mol. The van der Waals surface area contributed by atoms with E-state index in [1.54, 1.807) is 0 Å². The third kappa shape index (κ3) is 4.38. The number of nitro groups is 1. The quantitative estimate of drug-likeness (QED) is 0.404. The number of nitrogens with one attached hydrogen (secondary N) is 1. The number of aromatic nitrogens is 3. The minimum absolute atomic E-state index is 0.207. The normalized spacial score (nSPS) is 16.9. The fourth-order valence-corrected chi connectivity index (χ4v) is 3.33. The highest BCUT2D eigenvalue weighted by Crippen LogP contribution is 2.28. The van der Waals surface area contributed by atoms with Gasteiger partial charge in [0.2, 0.25) is 23.6 Å². The maximum Gasteiger partial charge on any atom is 0.311 e. The largest absolute Gasteiger partial charge is 0.502 e. The highest BCUT2D eigenvalue weighted by Gasteiger charge is 2.21. The van der Waals surface area contributed by atoms with E-state index in [1.807, 2.05) is 4.90 Å². The van der Waals surface area contributed by atoms with E-state index in [0.717, 1.165) is 25.9 Å². The first-order chi connectivity index (χ1) is 14.6. The number of phenols is 1. The van der Waals surface area contributed by atoms with Crippen LogP contribution < -0.4 is 15.2 Å². The van der Waals surface area contributed by atoms with Crippen molar-refractivity contribution in [3.05, 3.63) is 33.9 Å². The molecule has 1 aromatic heterocycles. The fraction of sp³-hybridized carbons (Fsp3) is 0.444. The van der Waals surface area contributed by atoms with Crippen molar-refractivity contribution in [3.8, 4) is 5.75 Å². The Morgan fingerprint density at radius 2 is 1.77 bits per heavy atom. The molecule has 0 amide bonds. The first-order valence-electron chi connectivity index (χ1n) is 9.71. The van der Waals surface area contributed by atoms with Crippen LogP contribution in [0.15, 0.2) is 23.3 Å². The van der Waals surface area contributed by atoms with Gasteiger partial charge in [0.15, 0.2) is 0 Å². The molecule has 0 unspecified atom stereocenters. The number of rotatable bonds is 6. The number of para-hydroxylation sites is 1. The second-order valence-corrected chi connectivity index (χ2v) is 6.89. The van der Waals surface area contributed by atoms with Crippen LogP contribution in [0.3, 0.4) is 0 Å². The van der Waals surface area contributed by atoms with Gasteiger partial charge in [-0.1, -0.05) is 6.07 Å². The van der Waals surface area contributed by atoms with Crippen LogP contribution in [0.1, 0.15) is 18.4 Å². The summed E-state index contributed by atoms with van der Waals surface area (Å²) in [5.41, 5.74) is 2.58. The number of morpholine rings is 1. The molecule has 12 heteroatoms. The van der Waals surface area contributed by atoms with Gasteiger partial charge in [-0.05, 0) is 18.9 Å². The summed E-state index contributed by atoms with van der Waals surface area (Å²) in [6.07, 6.45) is 3.47. The van der Waals surface area contributed by atoms with Crippen molar-refractivity contribution in [3.63, 3.8) is 0 Å². The summed E-state index contributed by atoms with van der Waals surface area (Å²) in [5, 5.41) is 25.0. The minimum atomic E-state index is -0.650. The Hall–Kier alpha value is -3.54. The molecule has 0 bridgehead atoms. The van der Waals surface area contributed by atoms with Crippen molar-refractivity contribution >= 4 is 29.7 Å². The standard InChI is InChI=1S/C18H22N8O4/c27-15-13(4-3-5-14(15)26(28)29)12-19-23-16-20-17(24-6-1-2-7-24)22-18(21-16)25-8-10-30-11-9-25/h3-5,12,27H,1-2,6-11H2,(H,20,21,22,23). The number of hydrogen-bond acceptors (Lipinski definition) is 11. The molecule has 0 atom stereocenters. The van der Waals surface area contributed by atoms with Crippen LogP contribution in [-0.4, -0.2) is 70.6 Å². The van der Waals surface area contributed by atoms with Crippen LogP contribution in [-0.2, 0) is 4.74 Å². The van der Waals surface area contributed by atoms with Crippen LogP contribution in [0.25, 0.3) is 0 Å². The number of nitrogens with zero attached hydrogens (tertiary/aromatic N) is 7. The molecule has 12 nitrogen and oxygen atoms in total. The molecule has 0 saturated carbocycles. The number of benzene rings is 1. The topological polar surface area (TPSA) is 142 Å². The number of hydrazone groups is 1. The lowest BCUT2D eigenvalue weighted by Gasteiger charge is -2.27. The summed E-state index contributed by atoms with van der Waals surface area (Å²) in [6.45, 7) is 4.37. The molecular weight excluding hydrogens is 392 g/mol. The van der Waals surface area contributed by atoms with E-state index < -0.39 is 10.7 Å². The van der Waals surface area contributed by atoms with Gasteiger partial charge in [0, 0.05) is 37.8 Å². The van der Waals surface area contributed by atoms with Gasteiger partial charge in [-0.3, -0.25) is 10.1 Å². The summed E-state index contributed by atoms with van der Waals surface area (Å²) in [7, 11) is 0. The Morgan fingerprint density at radius 1 is 1.10 bits per heavy atom. The Bertz CT molecular complexity index is 942. The van der Waals surface area contributed by atoms with E-state index in [0.29, 0.717) is 38.2 Å². The summed E-state index contributed by atoms with van der Waals surface area (Å²) in [5.74, 6) is 0.941. The average molecular weight is 414 g/mol. The molecule has 3 heterocycles. The minimum Gasteiger partial charge on any atom is -0.502 e. The molecule has 1 aromatic carbocycles. The summed E-state index contributed by atoms with van der Waals surface area (Å²) >= 11 is 0. The molecule has 2 fully saturated rings. The van der Waals surface area contributed by atoms with E-state index in [1.165, 1.54) is 24.4 Å². The van der Waals surface area contributed by atoms with Gasteiger partial charge in [-0.2, -0.15) is 20.1 Å². The molecule has 2 aromatic rings. The summed E-state index contributed by atoms with van der Waals surface area (Å²) < 4.78 is 5.40. The zero-order valence-electron chi connectivity index (χ0n) is 16.3. The van der Waals surface area contributed by atoms with Crippen molar-refractivity contribution in [1.82, 2.24) is 15.0 Å². The van der Waals surface area contributed by atoms with E-state index in [-0.39, 0.29) is 17.2 Å². The number of anilines is 3. The number of ether oxygens (including phenoxy) is 1. The van der Waals surface area contributed by atoms with E-state index in [2.05, 4.69) is 30.4 Å². The number of aromatic hydroxyl groups is 1.